The molecule has 8 nitrogen and oxygen atoms in total. The standard InChI is InChI=1S/C24H30F2N4O4S/c1-24(2,33-4)13-34-18-12-27-9-7-14(18)11-29-16-8-10-28-22(31)19(16)23(35)30-17-6-5-15(25)20(26)21(17)32-3/h5-7,9,12,23,29-30,35H,8,10-11,13H2,1-4H3,(H,28,31). The Morgan fingerprint density at radius 3 is 2.74 bits per heavy atom. The summed E-state index contributed by atoms with van der Waals surface area (Å²) in [6.45, 7) is 4.98. The Balaban J connectivity index is 1.80. The molecule has 2 aromatic rings. The van der Waals surface area contributed by atoms with Crippen molar-refractivity contribution in [2.24, 2.45) is 0 Å². The zero-order valence-corrected chi connectivity index (χ0v) is 21.0. The summed E-state index contributed by atoms with van der Waals surface area (Å²) in [5.41, 5.74) is 1.55. The molecule has 0 spiro atoms. The van der Waals surface area contributed by atoms with Crippen LogP contribution < -0.4 is 25.4 Å². The molecular weight excluding hydrogens is 478 g/mol. The van der Waals surface area contributed by atoms with E-state index in [1.54, 1.807) is 19.5 Å². The number of pyridine rings is 1. The Kier molecular flexibility index (Phi) is 8.79. The molecule has 2 heterocycles. The van der Waals surface area contributed by atoms with Gasteiger partial charge in [-0.1, -0.05) is 0 Å². The average Bonchev–Trinajstić information content (AvgIpc) is 2.84. The maximum Gasteiger partial charge on any atom is 0.251 e. The molecule has 35 heavy (non-hydrogen) atoms. The number of halogens is 2. The second-order valence-electron chi connectivity index (χ2n) is 8.48. The van der Waals surface area contributed by atoms with Crippen molar-refractivity contribution in [3.8, 4) is 11.5 Å². The van der Waals surface area contributed by atoms with Crippen LogP contribution in [0.5, 0.6) is 11.5 Å². The summed E-state index contributed by atoms with van der Waals surface area (Å²) in [5.74, 6) is -2.18. The van der Waals surface area contributed by atoms with Crippen molar-refractivity contribution in [1.82, 2.24) is 15.6 Å². The fourth-order valence-electron chi connectivity index (χ4n) is 3.40. The van der Waals surface area contributed by atoms with Gasteiger partial charge in [-0.3, -0.25) is 9.78 Å². The maximum absolute atomic E-state index is 14.1. The number of carbonyl (C=O) groups excluding carboxylic acids is 1. The van der Waals surface area contributed by atoms with E-state index in [4.69, 9.17) is 14.2 Å². The number of thiol groups is 1. The number of hydrogen-bond donors (Lipinski definition) is 4. The molecule has 3 rings (SSSR count). The van der Waals surface area contributed by atoms with Gasteiger partial charge in [-0.25, -0.2) is 4.39 Å². The van der Waals surface area contributed by atoms with Gasteiger partial charge in [0.05, 0.1) is 30.2 Å². The number of amides is 1. The highest BCUT2D eigenvalue weighted by molar-refractivity contribution is 7.81. The highest BCUT2D eigenvalue weighted by Crippen LogP contribution is 2.32. The Labute approximate surface area is 208 Å². The van der Waals surface area contributed by atoms with Gasteiger partial charge in [0.2, 0.25) is 5.82 Å². The van der Waals surface area contributed by atoms with Gasteiger partial charge in [0.1, 0.15) is 17.7 Å². The van der Waals surface area contributed by atoms with E-state index in [1.807, 2.05) is 19.9 Å². The summed E-state index contributed by atoms with van der Waals surface area (Å²) in [6.07, 6.45) is 3.82. The van der Waals surface area contributed by atoms with Gasteiger partial charge < -0.3 is 30.2 Å². The summed E-state index contributed by atoms with van der Waals surface area (Å²) >= 11 is 4.54. The van der Waals surface area contributed by atoms with Crippen LogP contribution in [0.1, 0.15) is 25.8 Å². The highest BCUT2D eigenvalue weighted by Gasteiger charge is 2.27. The van der Waals surface area contributed by atoms with Crippen LogP contribution in [-0.2, 0) is 16.1 Å². The summed E-state index contributed by atoms with van der Waals surface area (Å²) < 4.78 is 44.0. The van der Waals surface area contributed by atoms with E-state index in [0.717, 1.165) is 11.6 Å². The van der Waals surface area contributed by atoms with Crippen LogP contribution in [0, 0.1) is 11.6 Å². The summed E-state index contributed by atoms with van der Waals surface area (Å²) in [5, 5.41) is 8.21. The molecule has 0 saturated carbocycles. The number of nitrogens with zero attached hydrogens (tertiary/aromatic N) is 1. The lowest BCUT2D eigenvalue weighted by molar-refractivity contribution is -0.118. The number of ether oxygens (including phenoxy) is 3. The van der Waals surface area contributed by atoms with Crippen molar-refractivity contribution in [3.63, 3.8) is 0 Å². The number of methoxy groups -OCH3 is 2. The molecule has 1 aromatic heterocycles. The molecular formula is C24H30F2N4O4S. The van der Waals surface area contributed by atoms with Crippen LogP contribution >= 0.6 is 12.6 Å². The van der Waals surface area contributed by atoms with Crippen molar-refractivity contribution in [3.05, 3.63) is 59.1 Å². The lowest BCUT2D eigenvalue weighted by Gasteiger charge is -2.27. The van der Waals surface area contributed by atoms with Crippen LogP contribution in [0.25, 0.3) is 0 Å². The number of aromatic nitrogens is 1. The van der Waals surface area contributed by atoms with Crippen molar-refractivity contribution in [1.29, 1.82) is 0 Å². The van der Waals surface area contributed by atoms with Gasteiger partial charge >= 0.3 is 0 Å². The predicted molar refractivity (Wildman–Crippen MR) is 132 cm³/mol. The molecule has 1 atom stereocenters. The third-order valence-electron chi connectivity index (χ3n) is 5.54. The molecule has 0 saturated heterocycles. The zero-order chi connectivity index (χ0) is 25.6. The Bertz CT molecular complexity index is 1100. The molecule has 1 aliphatic heterocycles. The van der Waals surface area contributed by atoms with Crippen molar-refractivity contribution < 1.29 is 27.8 Å². The van der Waals surface area contributed by atoms with E-state index in [9.17, 15) is 13.6 Å². The normalized spacial score (nSPS) is 14.9. The van der Waals surface area contributed by atoms with E-state index in [1.165, 1.54) is 13.2 Å². The van der Waals surface area contributed by atoms with Gasteiger partial charge in [0, 0.05) is 44.1 Å². The minimum atomic E-state index is -1.12. The van der Waals surface area contributed by atoms with E-state index < -0.39 is 22.6 Å². The largest absolute Gasteiger partial charge is 0.491 e. The van der Waals surface area contributed by atoms with Crippen molar-refractivity contribution >= 4 is 24.2 Å². The molecule has 1 amide bonds. The van der Waals surface area contributed by atoms with E-state index in [2.05, 4.69) is 33.6 Å². The van der Waals surface area contributed by atoms with Gasteiger partial charge in [0.25, 0.3) is 5.91 Å². The second-order valence-corrected chi connectivity index (χ2v) is 8.99. The molecule has 190 valence electrons. The number of rotatable bonds is 11. The molecule has 0 fully saturated rings. The first kappa shape index (κ1) is 26.6. The minimum Gasteiger partial charge on any atom is -0.491 e. The van der Waals surface area contributed by atoms with Crippen molar-refractivity contribution in [2.75, 3.05) is 32.7 Å². The predicted octanol–water partition coefficient (Wildman–Crippen LogP) is 3.40. The highest BCUT2D eigenvalue weighted by atomic mass is 32.1. The third-order valence-corrected chi connectivity index (χ3v) is 5.93. The minimum absolute atomic E-state index is 0.169. The fourth-order valence-corrected chi connectivity index (χ4v) is 3.81. The molecule has 1 unspecified atom stereocenters. The van der Waals surface area contributed by atoms with Crippen LogP contribution in [0.15, 0.2) is 41.9 Å². The topological polar surface area (TPSA) is 93.7 Å². The SMILES string of the molecule is COc1c(NC(S)C2=C(NCc3ccncc3OCC(C)(C)OC)CCNC2=O)ccc(F)c1F. The first-order valence-electron chi connectivity index (χ1n) is 11.0. The first-order valence-corrected chi connectivity index (χ1v) is 11.5. The molecule has 0 radical (unpaired) electrons. The molecule has 3 N–H and O–H groups in total. The average molecular weight is 509 g/mol. The monoisotopic (exact) mass is 508 g/mol. The van der Waals surface area contributed by atoms with Crippen molar-refractivity contribution in [2.45, 2.75) is 37.8 Å². The number of nitrogens with one attached hydrogen (secondary N) is 3. The Morgan fingerprint density at radius 2 is 2.03 bits per heavy atom. The zero-order valence-electron chi connectivity index (χ0n) is 20.1. The van der Waals surface area contributed by atoms with Gasteiger partial charge in [-0.2, -0.15) is 4.39 Å². The van der Waals surface area contributed by atoms with Gasteiger partial charge in [0.15, 0.2) is 11.6 Å². The number of carbonyl (C=O) groups is 1. The van der Waals surface area contributed by atoms with E-state index in [-0.39, 0.29) is 17.3 Å². The van der Waals surface area contributed by atoms with Gasteiger partial charge in [-0.15, -0.1) is 12.6 Å². The van der Waals surface area contributed by atoms with E-state index in [0.29, 0.717) is 43.1 Å². The first-order chi connectivity index (χ1) is 16.7. The summed E-state index contributed by atoms with van der Waals surface area (Å²) in [4.78, 5) is 16.9. The smallest absolute Gasteiger partial charge is 0.251 e. The van der Waals surface area contributed by atoms with Crippen LogP contribution in [0.4, 0.5) is 14.5 Å². The molecule has 0 bridgehead atoms. The number of anilines is 1. The molecule has 1 aromatic carbocycles. The third kappa shape index (κ3) is 6.55. The lowest BCUT2D eigenvalue weighted by atomic mass is 10.1. The lowest BCUT2D eigenvalue weighted by Crippen LogP contribution is -2.40. The van der Waals surface area contributed by atoms with Gasteiger partial charge in [-0.05, 0) is 32.0 Å². The quantitative estimate of drug-likeness (QED) is 0.273. The summed E-state index contributed by atoms with van der Waals surface area (Å²) in [6, 6.07) is 4.13. The maximum atomic E-state index is 14.1. The summed E-state index contributed by atoms with van der Waals surface area (Å²) in [7, 11) is 2.85. The van der Waals surface area contributed by atoms with Crippen LogP contribution in [0.2, 0.25) is 0 Å². The fraction of sp³-hybridized carbons (Fsp3) is 0.417. The van der Waals surface area contributed by atoms with E-state index >= 15 is 0 Å². The van der Waals surface area contributed by atoms with Crippen LogP contribution in [0.3, 0.4) is 0 Å². The Hall–Kier alpha value is -3.05. The second kappa shape index (κ2) is 11.6. The molecule has 1 aliphatic rings. The molecule has 0 aliphatic carbocycles. The number of benzene rings is 1. The van der Waals surface area contributed by atoms with Crippen LogP contribution in [-0.4, -0.2) is 49.2 Å². The molecule has 11 heteroatoms. The Morgan fingerprint density at radius 1 is 1.26 bits per heavy atom. The number of hydrogen-bond acceptors (Lipinski definition) is 8.